The third-order valence-electron chi connectivity index (χ3n) is 7.52. The van der Waals surface area contributed by atoms with Gasteiger partial charge in [0.15, 0.2) is 0 Å². The molecular formula is C20H35N3O. The zero-order valence-corrected chi connectivity index (χ0v) is 16.0. The van der Waals surface area contributed by atoms with Crippen molar-refractivity contribution in [3.63, 3.8) is 0 Å². The Hall–Kier alpha value is -1.03. The summed E-state index contributed by atoms with van der Waals surface area (Å²) in [5.74, 6) is 0.762. The maximum absolute atomic E-state index is 12.5. The Balaban J connectivity index is 1.47. The molecule has 4 nitrogen and oxygen atoms in total. The maximum Gasteiger partial charge on any atom is 0.315 e. The van der Waals surface area contributed by atoms with E-state index in [4.69, 9.17) is 0 Å². The first kappa shape index (κ1) is 17.8. The first-order valence-electron chi connectivity index (χ1n) is 9.66. The van der Waals surface area contributed by atoms with Crippen LogP contribution in [0.5, 0.6) is 0 Å². The van der Waals surface area contributed by atoms with E-state index in [1.165, 1.54) is 18.4 Å². The minimum atomic E-state index is 0.0444. The molecule has 3 aliphatic rings. The second-order valence-corrected chi connectivity index (χ2v) is 9.29. The molecule has 1 aliphatic heterocycles. The monoisotopic (exact) mass is 333 g/mol. The van der Waals surface area contributed by atoms with E-state index in [-0.39, 0.29) is 11.4 Å². The number of nitrogens with zero attached hydrogens (tertiary/aromatic N) is 1. The fourth-order valence-electron chi connectivity index (χ4n) is 5.42. The lowest BCUT2D eigenvalue weighted by Gasteiger charge is -2.40. The van der Waals surface area contributed by atoms with Gasteiger partial charge in [0.2, 0.25) is 0 Å². The quantitative estimate of drug-likeness (QED) is 0.773. The Bertz CT molecular complexity index is 507. The average Bonchev–Trinajstić information content (AvgIpc) is 2.82. The molecule has 136 valence electrons. The molecule has 1 heterocycles. The summed E-state index contributed by atoms with van der Waals surface area (Å²) in [5.41, 5.74) is 1.81. The van der Waals surface area contributed by atoms with E-state index >= 15 is 0 Å². The van der Waals surface area contributed by atoms with Gasteiger partial charge >= 0.3 is 6.03 Å². The molecule has 2 saturated carbocycles. The number of hydrogen-bond donors (Lipinski definition) is 2. The number of fused-ring (bicyclic) bond motifs is 2. The van der Waals surface area contributed by atoms with Gasteiger partial charge in [0.1, 0.15) is 0 Å². The maximum atomic E-state index is 12.5. The normalized spacial score (nSPS) is 35.8. The van der Waals surface area contributed by atoms with Crippen molar-refractivity contribution in [3.8, 4) is 0 Å². The Morgan fingerprint density at radius 3 is 2.33 bits per heavy atom. The number of piperidine rings is 1. The summed E-state index contributed by atoms with van der Waals surface area (Å²) in [7, 11) is 0. The second kappa shape index (κ2) is 6.36. The number of carbonyl (C=O) groups is 1. The zero-order valence-electron chi connectivity index (χ0n) is 16.0. The van der Waals surface area contributed by atoms with Crippen LogP contribution in [0.1, 0.15) is 59.8 Å². The van der Waals surface area contributed by atoms with Gasteiger partial charge in [0, 0.05) is 31.7 Å². The first-order valence-corrected chi connectivity index (χ1v) is 9.66. The van der Waals surface area contributed by atoms with Crippen LogP contribution in [0, 0.1) is 16.7 Å². The van der Waals surface area contributed by atoms with Crippen molar-refractivity contribution in [1.29, 1.82) is 0 Å². The van der Waals surface area contributed by atoms with Gasteiger partial charge in [0.25, 0.3) is 0 Å². The highest BCUT2D eigenvalue weighted by Gasteiger charge is 2.61. The van der Waals surface area contributed by atoms with Crippen LogP contribution in [0.4, 0.5) is 4.79 Å². The molecule has 0 aromatic rings. The molecule has 3 rings (SSSR count). The van der Waals surface area contributed by atoms with Crippen molar-refractivity contribution in [3.05, 3.63) is 12.2 Å². The van der Waals surface area contributed by atoms with Crippen molar-refractivity contribution in [2.24, 2.45) is 16.7 Å². The fourth-order valence-corrected chi connectivity index (χ4v) is 5.42. The molecule has 4 heteroatoms. The van der Waals surface area contributed by atoms with Gasteiger partial charge in [-0.3, -0.25) is 4.90 Å². The molecule has 0 aromatic heterocycles. The summed E-state index contributed by atoms with van der Waals surface area (Å²) >= 11 is 0. The molecule has 3 unspecified atom stereocenters. The van der Waals surface area contributed by atoms with Gasteiger partial charge in [-0.25, -0.2) is 4.79 Å². The van der Waals surface area contributed by atoms with Crippen LogP contribution in [-0.4, -0.2) is 42.6 Å². The summed E-state index contributed by atoms with van der Waals surface area (Å²) in [6.07, 6.45) is 5.79. The molecule has 3 atom stereocenters. The van der Waals surface area contributed by atoms with E-state index in [9.17, 15) is 4.79 Å². The lowest BCUT2D eigenvalue weighted by molar-refractivity contribution is 0.122. The van der Waals surface area contributed by atoms with Crippen molar-refractivity contribution in [1.82, 2.24) is 15.5 Å². The van der Waals surface area contributed by atoms with Gasteiger partial charge in [-0.15, -0.1) is 0 Å². The van der Waals surface area contributed by atoms with Crippen LogP contribution in [0.3, 0.4) is 0 Å². The molecule has 0 spiro atoms. The van der Waals surface area contributed by atoms with Crippen LogP contribution in [0.2, 0.25) is 0 Å². The molecule has 2 bridgehead atoms. The van der Waals surface area contributed by atoms with E-state index in [0.29, 0.717) is 17.5 Å². The molecule has 2 N–H and O–H groups in total. The highest BCUT2D eigenvalue weighted by Crippen LogP contribution is 2.65. The van der Waals surface area contributed by atoms with Crippen LogP contribution in [0.15, 0.2) is 12.2 Å². The first-order chi connectivity index (χ1) is 11.2. The van der Waals surface area contributed by atoms with E-state index in [1.54, 1.807) is 0 Å². The number of likely N-dealkylation sites (tertiary alicyclic amines) is 1. The molecule has 2 amide bonds. The molecule has 3 fully saturated rings. The average molecular weight is 334 g/mol. The van der Waals surface area contributed by atoms with Crippen LogP contribution in [-0.2, 0) is 0 Å². The standard InChI is InChI=1S/C20H35N3O/c1-14(2)13-23-10-7-16(8-11-23)21-18(24)22-17-12-15-6-9-20(17,5)19(15,3)4/h15-17H,1,6-13H2,2-5H3,(H2,21,22,24). The van der Waals surface area contributed by atoms with Crippen LogP contribution >= 0.6 is 0 Å². The Morgan fingerprint density at radius 1 is 1.17 bits per heavy atom. The second-order valence-electron chi connectivity index (χ2n) is 9.29. The van der Waals surface area contributed by atoms with E-state index in [2.05, 4.69) is 49.8 Å². The predicted molar refractivity (Wildman–Crippen MR) is 99.0 cm³/mol. The van der Waals surface area contributed by atoms with E-state index < -0.39 is 0 Å². The molecule has 1 saturated heterocycles. The number of hydrogen-bond acceptors (Lipinski definition) is 2. The highest BCUT2D eigenvalue weighted by atomic mass is 16.2. The third kappa shape index (κ3) is 3.10. The lowest BCUT2D eigenvalue weighted by atomic mass is 9.69. The Labute approximate surface area is 147 Å². The summed E-state index contributed by atoms with van der Waals surface area (Å²) in [5, 5.41) is 6.54. The fraction of sp³-hybridized carbons (Fsp3) is 0.850. The lowest BCUT2D eigenvalue weighted by Crippen LogP contribution is -2.53. The van der Waals surface area contributed by atoms with Gasteiger partial charge in [-0.2, -0.15) is 0 Å². The third-order valence-corrected chi connectivity index (χ3v) is 7.52. The number of nitrogens with one attached hydrogen (secondary N) is 2. The largest absolute Gasteiger partial charge is 0.335 e. The van der Waals surface area contributed by atoms with Gasteiger partial charge in [0.05, 0.1) is 0 Å². The summed E-state index contributed by atoms with van der Waals surface area (Å²) < 4.78 is 0. The van der Waals surface area contributed by atoms with Gasteiger partial charge in [-0.05, 0) is 55.8 Å². The van der Waals surface area contributed by atoms with Crippen molar-refractivity contribution in [2.45, 2.75) is 71.9 Å². The molecule has 2 aliphatic carbocycles. The minimum Gasteiger partial charge on any atom is -0.335 e. The number of amides is 2. The van der Waals surface area contributed by atoms with Crippen molar-refractivity contribution < 1.29 is 4.79 Å². The SMILES string of the molecule is C=C(C)CN1CCC(NC(=O)NC2CC3CCC2(C)C3(C)C)CC1. The molecule has 0 aromatic carbocycles. The Kier molecular flexibility index (Phi) is 4.71. The van der Waals surface area contributed by atoms with Crippen molar-refractivity contribution in [2.75, 3.05) is 19.6 Å². The summed E-state index contributed by atoms with van der Waals surface area (Å²) in [6, 6.07) is 0.684. The highest BCUT2D eigenvalue weighted by molar-refractivity contribution is 5.74. The summed E-state index contributed by atoms with van der Waals surface area (Å²) in [4.78, 5) is 14.9. The molecule has 24 heavy (non-hydrogen) atoms. The predicted octanol–water partition coefficient (Wildman–Crippen LogP) is 3.54. The zero-order chi connectivity index (χ0) is 17.5. The summed E-state index contributed by atoms with van der Waals surface area (Å²) in [6.45, 7) is 16.3. The number of rotatable bonds is 4. The molecule has 0 radical (unpaired) electrons. The molecular weight excluding hydrogens is 298 g/mol. The number of urea groups is 1. The smallest absolute Gasteiger partial charge is 0.315 e. The number of carbonyl (C=O) groups excluding carboxylic acids is 1. The minimum absolute atomic E-state index is 0.0444. The van der Waals surface area contributed by atoms with E-state index in [0.717, 1.165) is 44.8 Å². The van der Waals surface area contributed by atoms with Crippen LogP contribution in [0.25, 0.3) is 0 Å². The van der Waals surface area contributed by atoms with Crippen LogP contribution < -0.4 is 10.6 Å². The van der Waals surface area contributed by atoms with E-state index in [1.807, 2.05) is 0 Å². The van der Waals surface area contributed by atoms with Crippen molar-refractivity contribution >= 4 is 6.03 Å². The van der Waals surface area contributed by atoms with Gasteiger partial charge in [-0.1, -0.05) is 32.9 Å². The topological polar surface area (TPSA) is 44.4 Å². The Morgan fingerprint density at radius 2 is 1.83 bits per heavy atom. The van der Waals surface area contributed by atoms with Gasteiger partial charge < -0.3 is 10.6 Å².